The molecule has 1 amide bonds. The van der Waals surface area contributed by atoms with Gasteiger partial charge in [-0.15, -0.1) is 0 Å². The van der Waals surface area contributed by atoms with E-state index in [0.717, 1.165) is 41.3 Å². The summed E-state index contributed by atoms with van der Waals surface area (Å²) in [5.74, 6) is 0.920. The van der Waals surface area contributed by atoms with E-state index in [1.165, 1.54) is 0 Å². The number of nitrogens with zero attached hydrogens (tertiary/aromatic N) is 1. The summed E-state index contributed by atoms with van der Waals surface area (Å²) in [6.07, 6.45) is 2.04. The van der Waals surface area contributed by atoms with Crippen LogP contribution in [-0.2, 0) is 17.9 Å². The van der Waals surface area contributed by atoms with E-state index in [1.807, 2.05) is 55.6 Å². The highest BCUT2D eigenvalue weighted by molar-refractivity contribution is 6.30. The number of likely N-dealkylation sites (tertiary alicyclic amines) is 1. The Morgan fingerprint density at radius 3 is 2.48 bits per heavy atom. The summed E-state index contributed by atoms with van der Waals surface area (Å²) < 4.78 is 5.77. The second-order valence-corrected chi connectivity index (χ2v) is 6.85. The Kier molecular flexibility index (Phi) is 5.95. The van der Waals surface area contributed by atoms with Gasteiger partial charge in [0.15, 0.2) is 0 Å². The van der Waals surface area contributed by atoms with E-state index in [2.05, 4.69) is 10.2 Å². The molecule has 1 aliphatic rings. The molecule has 25 heavy (non-hydrogen) atoms. The molecule has 1 saturated heterocycles. The lowest BCUT2D eigenvalue weighted by Gasteiger charge is -2.18. The van der Waals surface area contributed by atoms with E-state index >= 15 is 0 Å². The summed E-state index contributed by atoms with van der Waals surface area (Å²) in [6.45, 7) is 2.04. The standard InChI is InChI=1S/C20H23ClN2O2/c1-23-12-2-3-19(23)20(24)22-13-15-6-10-18(11-7-15)25-14-16-4-8-17(21)9-5-16/h4-11,19H,2-3,12-14H2,1H3,(H,22,24)/t19-/m0/s1. The molecule has 0 saturated carbocycles. The number of benzene rings is 2. The smallest absolute Gasteiger partial charge is 0.237 e. The van der Waals surface area contributed by atoms with Crippen LogP contribution in [0.15, 0.2) is 48.5 Å². The third-order valence-corrected chi connectivity index (χ3v) is 4.78. The molecule has 0 spiro atoms. The zero-order chi connectivity index (χ0) is 17.6. The number of amides is 1. The van der Waals surface area contributed by atoms with E-state index in [1.54, 1.807) is 0 Å². The maximum absolute atomic E-state index is 12.2. The van der Waals surface area contributed by atoms with Gasteiger partial charge in [-0.2, -0.15) is 0 Å². The maximum Gasteiger partial charge on any atom is 0.237 e. The van der Waals surface area contributed by atoms with E-state index in [-0.39, 0.29) is 11.9 Å². The van der Waals surface area contributed by atoms with Crippen LogP contribution in [0.1, 0.15) is 24.0 Å². The SMILES string of the molecule is CN1CCC[C@H]1C(=O)NCc1ccc(OCc2ccc(Cl)cc2)cc1. The fraction of sp³-hybridized carbons (Fsp3) is 0.350. The van der Waals surface area contributed by atoms with Crippen molar-refractivity contribution in [3.05, 3.63) is 64.7 Å². The molecule has 1 N–H and O–H groups in total. The van der Waals surface area contributed by atoms with Crippen molar-refractivity contribution in [1.29, 1.82) is 0 Å². The van der Waals surface area contributed by atoms with Gasteiger partial charge < -0.3 is 10.1 Å². The number of hydrogen-bond donors (Lipinski definition) is 1. The first kappa shape index (κ1) is 17.8. The van der Waals surface area contributed by atoms with Gasteiger partial charge >= 0.3 is 0 Å². The Morgan fingerprint density at radius 2 is 1.84 bits per heavy atom. The van der Waals surface area contributed by atoms with Gasteiger partial charge in [0.25, 0.3) is 0 Å². The molecular formula is C20H23ClN2O2. The summed E-state index contributed by atoms with van der Waals surface area (Å²) in [5, 5.41) is 3.74. The second-order valence-electron chi connectivity index (χ2n) is 6.42. The number of ether oxygens (including phenoxy) is 1. The molecule has 2 aromatic rings. The number of nitrogens with one attached hydrogen (secondary N) is 1. The van der Waals surface area contributed by atoms with Crippen molar-refractivity contribution in [3.63, 3.8) is 0 Å². The summed E-state index contributed by atoms with van der Waals surface area (Å²) in [4.78, 5) is 14.3. The van der Waals surface area contributed by atoms with Gasteiger partial charge in [-0.25, -0.2) is 0 Å². The molecule has 0 aromatic heterocycles. The van der Waals surface area contributed by atoms with Crippen molar-refractivity contribution in [1.82, 2.24) is 10.2 Å². The lowest BCUT2D eigenvalue weighted by Crippen LogP contribution is -2.41. The fourth-order valence-corrected chi connectivity index (χ4v) is 3.13. The first-order chi connectivity index (χ1) is 12.1. The molecular weight excluding hydrogens is 336 g/mol. The topological polar surface area (TPSA) is 41.6 Å². The van der Waals surface area contributed by atoms with E-state index < -0.39 is 0 Å². The maximum atomic E-state index is 12.2. The zero-order valence-electron chi connectivity index (χ0n) is 14.4. The molecule has 0 aliphatic carbocycles. The van der Waals surface area contributed by atoms with Crippen LogP contribution in [0, 0.1) is 0 Å². The van der Waals surface area contributed by atoms with Gasteiger partial charge in [0.2, 0.25) is 5.91 Å². The van der Waals surface area contributed by atoms with Crippen molar-refractivity contribution in [3.8, 4) is 5.75 Å². The van der Waals surface area contributed by atoms with Crippen molar-refractivity contribution in [2.45, 2.75) is 32.0 Å². The largest absolute Gasteiger partial charge is 0.489 e. The highest BCUT2D eigenvalue weighted by Crippen LogP contribution is 2.17. The molecule has 4 nitrogen and oxygen atoms in total. The van der Waals surface area contributed by atoms with Crippen LogP contribution in [0.25, 0.3) is 0 Å². The van der Waals surface area contributed by atoms with Crippen LogP contribution in [0.4, 0.5) is 0 Å². The first-order valence-corrected chi connectivity index (χ1v) is 8.94. The molecule has 0 radical (unpaired) electrons. The number of carbonyl (C=O) groups is 1. The minimum atomic E-state index is 0.0157. The van der Waals surface area contributed by atoms with Gasteiger partial charge in [-0.3, -0.25) is 9.69 Å². The molecule has 1 fully saturated rings. The first-order valence-electron chi connectivity index (χ1n) is 8.56. The molecule has 2 aromatic carbocycles. The van der Waals surface area contributed by atoms with Crippen molar-refractivity contribution in [2.24, 2.45) is 0 Å². The molecule has 1 aliphatic heterocycles. The van der Waals surface area contributed by atoms with Crippen LogP contribution in [0.3, 0.4) is 0 Å². The van der Waals surface area contributed by atoms with Gasteiger partial charge in [0, 0.05) is 11.6 Å². The molecule has 0 bridgehead atoms. The van der Waals surface area contributed by atoms with E-state index in [9.17, 15) is 4.79 Å². The lowest BCUT2D eigenvalue weighted by molar-refractivity contribution is -0.125. The van der Waals surface area contributed by atoms with Crippen LogP contribution < -0.4 is 10.1 Å². The van der Waals surface area contributed by atoms with E-state index in [4.69, 9.17) is 16.3 Å². The quantitative estimate of drug-likeness (QED) is 0.857. The number of rotatable bonds is 6. The Labute approximate surface area is 153 Å². The zero-order valence-corrected chi connectivity index (χ0v) is 15.1. The summed E-state index contributed by atoms with van der Waals surface area (Å²) in [5.41, 5.74) is 2.13. The predicted octanol–water partition coefficient (Wildman–Crippen LogP) is 3.63. The van der Waals surface area contributed by atoms with Gasteiger partial charge in [0.05, 0.1) is 6.04 Å². The number of halogens is 1. The average Bonchev–Trinajstić information content (AvgIpc) is 3.06. The Balaban J connectivity index is 1.47. The monoisotopic (exact) mass is 358 g/mol. The van der Waals surface area contributed by atoms with Crippen molar-refractivity contribution in [2.75, 3.05) is 13.6 Å². The molecule has 3 rings (SSSR count). The summed E-state index contributed by atoms with van der Waals surface area (Å²) in [6, 6.07) is 15.5. The average molecular weight is 359 g/mol. The normalized spacial score (nSPS) is 17.4. The summed E-state index contributed by atoms with van der Waals surface area (Å²) in [7, 11) is 2.00. The molecule has 0 unspecified atom stereocenters. The highest BCUT2D eigenvalue weighted by atomic mass is 35.5. The van der Waals surface area contributed by atoms with Crippen molar-refractivity contribution < 1.29 is 9.53 Å². The van der Waals surface area contributed by atoms with E-state index in [0.29, 0.717) is 13.2 Å². The predicted molar refractivity (Wildman–Crippen MR) is 99.7 cm³/mol. The van der Waals surface area contributed by atoms with Crippen LogP contribution in [-0.4, -0.2) is 30.4 Å². The lowest BCUT2D eigenvalue weighted by atomic mass is 10.2. The number of carbonyl (C=O) groups excluding carboxylic acids is 1. The minimum Gasteiger partial charge on any atom is -0.489 e. The number of likely N-dealkylation sites (N-methyl/N-ethyl adjacent to an activating group) is 1. The fourth-order valence-electron chi connectivity index (χ4n) is 3.00. The Bertz CT molecular complexity index is 701. The highest BCUT2D eigenvalue weighted by Gasteiger charge is 2.27. The summed E-state index contributed by atoms with van der Waals surface area (Å²) >= 11 is 5.87. The van der Waals surface area contributed by atoms with Crippen LogP contribution in [0.2, 0.25) is 5.02 Å². The molecule has 1 heterocycles. The van der Waals surface area contributed by atoms with Crippen LogP contribution >= 0.6 is 11.6 Å². The van der Waals surface area contributed by atoms with Gasteiger partial charge in [0.1, 0.15) is 12.4 Å². The molecule has 132 valence electrons. The Hall–Kier alpha value is -2.04. The van der Waals surface area contributed by atoms with Gasteiger partial charge in [-0.05, 0) is 61.8 Å². The van der Waals surface area contributed by atoms with Crippen LogP contribution in [0.5, 0.6) is 5.75 Å². The third kappa shape index (κ3) is 4.97. The molecule has 1 atom stereocenters. The van der Waals surface area contributed by atoms with Gasteiger partial charge in [-0.1, -0.05) is 35.9 Å². The Morgan fingerprint density at radius 1 is 1.16 bits per heavy atom. The molecule has 5 heteroatoms. The third-order valence-electron chi connectivity index (χ3n) is 4.53. The minimum absolute atomic E-state index is 0.0157. The second kappa shape index (κ2) is 8.37. The number of hydrogen-bond acceptors (Lipinski definition) is 3. The van der Waals surface area contributed by atoms with Crippen molar-refractivity contribution >= 4 is 17.5 Å².